The smallest absolute Gasteiger partial charge is 0.252 e. The van der Waals surface area contributed by atoms with Gasteiger partial charge in [0.25, 0.3) is 5.91 Å². The molecule has 0 saturated carbocycles. The summed E-state index contributed by atoms with van der Waals surface area (Å²) in [4.78, 5) is 21.9. The van der Waals surface area contributed by atoms with Crippen molar-refractivity contribution in [3.63, 3.8) is 0 Å². The molecule has 2 aromatic rings. The Morgan fingerprint density at radius 3 is 2.81 bits per heavy atom. The Morgan fingerprint density at radius 1 is 1.28 bits per heavy atom. The molecule has 7 nitrogen and oxygen atoms in total. The van der Waals surface area contributed by atoms with Gasteiger partial charge in [-0.2, -0.15) is 5.10 Å². The van der Waals surface area contributed by atoms with Crippen molar-refractivity contribution in [3.8, 4) is 0 Å². The minimum absolute atomic E-state index is 0.0307. The maximum atomic E-state index is 13.1. The molecule has 1 amide bonds. The van der Waals surface area contributed by atoms with Crippen molar-refractivity contribution in [2.45, 2.75) is 51.9 Å². The summed E-state index contributed by atoms with van der Waals surface area (Å²) in [6.07, 6.45) is 12.3. The van der Waals surface area contributed by atoms with Crippen LogP contribution in [0, 0.1) is 13.8 Å². The molecule has 1 N–H and O–H groups in total. The lowest BCUT2D eigenvalue weighted by Crippen LogP contribution is -2.51. The minimum atomic E-state index is 0.0307. The number of nitrogens with zero attached hydrogens (tertiary/aromatic N) is 5. The van der Waals surface area contributed by atoms with Gasteiger partial charge in [0.05, 0.1) is 40.3 Å². The molecule has 8 heteroatoms. The van der Waals surface area contributed by atoms with E-state index in [4.69, 9.17) is 5.10 Å². The van der Waals surface area contributed by atoms with Gasteiger partial charge < -0.3 is 15.1 Å². The lowest BCUT2D eigenvalue weighted by Gasteiger charge is -2.43. The van der Waals surface area contributed by atoms with E-state index in [1.165, 1.54) is 0 Å². The first-order chi connectivity index (χ1) is 15.3. The summed E-state index contributed by atoms with van der Waals surface area (Å²) >= 11 is 0. The van der Waals surface area contributed by atoms with Crippen LogP contribution in [-0.2, 0) is 4.79 Å². The number of hydrogen-bond donors (Lipinski definition) is 1. The van der Waals surface area contributed by atoms with E-state index >= 15 is 0 Å². The molecule has 0 radical (unpaired) electrons. The molecule has 1 fully saturated rings. The molecule has 2 unspecified atom stereocenters. The van der Waals surface area contributed by atoms with Gasteiger partial charge in [0.1, 0.15) is 0 Å². The number of aryl methyl sites for hydroxylation is 2. The Balaban J connectivity index is 1.35. The van der Waals surface area contributed by atoms with Gasteiger partial charge in [0.2, 0.25) is 0 Å². The van der Waals surface area contributed by atoms with Gasteiger partial charge in [0.15, 0.2) is 0 Å². The van der Waals surface area contributed by atoms with E-state index in [0.29, 0.717) is 8.58 Å². The van der Waals surface area contributed by atoms with Crippen molar-refractivity contribution in [2.24, 2.45) is 0 Å². The molecule has 1 saturated heterocycles. The first-order valence-electron chi connectivity index (χ1n) is 11.4. The summed E-state index contributed by atoms with van der Waals surface area (Å²) in [5, 5.41) is 9.38. The van der Waals surface area contributed by atoms with Gasteiger partial charge in [-0.3, -0.25) is 9.78 Å². The fourth-order valence-electron chi connectivity index (χ4n) is 4.88. The summed E-state index contributed by atoms with van der Waals surface area (Å²) in [6, 6.07) is 2.05. The first-order valence-corrected chi connectivity index (χ1v) is 12.5. The van der Waals surface area contributed by atoms with Gasteiger partial charge in [-0.25, -0.2) is 4.52 Å². The van der Waals surface area contributed by atoms with Crippen LogP contribution in [0.15, 0.2) is 42.4 Å². The van der Waals surface area contributed by atoms with Crippen LogP contribution in [0.1, 0.15) is 43.8 Å². The second-order valence-electron chi connectivity index (χ2n) is 9.21. The number of carbonyl (C=O) groups excluding carboxylic acids is 1. The standard InChI is InChI=1S/C24H31N6OP/c1-5-25-24(4)8-10-28(11-9-24)18-6-7-23-29(15-18)22(31)13-21(32-23)19-12-20-17(3)26-16(2)14-30(20)27-19/h6-7,12-15,23,25,32H,5,8-11H2,1-4H3. The molecule has 168 valence electrons. The lowest BCUT2D eigenvalue weighted by atomic mass is 9.89. The third-order valence-corrected chi connectivity index (χ3v) is 8.20. The molecule has 0 spiro atoms. The highest BCUT2D eigenvalue weighted by atomic mass is 31.1. The van der Waals surface area contributed by atoms with Crippen LogP contribution in [0.5, 0.6) is 0 Å². The van der Waals surface area contributed by atoms with Crippen molar-refractivity contribution >= 4 is 25.3 Å². The van der Waals surface area contributed by atoms with Crippen molar-refractivity contribution < 1.29 is 4.79 Å². The van der Waals surface area contributed by atoms with E-state index in [1.54, 1.807) is 6.08 Å². The molecule has 3 aliphatic heterocycles. The van der Waals surface area contributed by atoms with E-state index in [2.05, 4.69) is 41.2 Å². The Bertz CT molecular complexity index is 1150. The molecule has 5 heterocycles. The SMILES string of the molecule is CCNC1(C)CCN(C2=CN3C(=O)C=C(c4cc5c(C)nc(C)cn5n4)PC3C=C2)CC1. The average molecular weight is 451 g/mol. The number of fused-ring (bicyclic) bond motifs is 2. The topological polar surface area (TPSA) is 65.8 Å². The van der Waals surface area contributed by atoms with E-state index < -0.39 is 0 Å². The molecule has 2 aromatic heterocycles. The molecule has 0 aromatic carbocycles. The quantitative estimate of drug-likeness (QED) is 0.724. The van der Waals surface area contributed by atoms with Crippen molar-refractivity contribution in [1.29, 1.82) is 0 Å². The Morgan fingerprint density at radius 2 is 2.06 bits per heavy atom. The maximum Gasteiger partial charge on any atom is 0.252 e. The zero-order chi connectivity index (χ0) is 22.5. The first kappa shape index (κ1) is 21.4. The fourth-order valence-corrected chi connectivity index (χ4v) is 6.21. The molecule has 0 bridgehead atoms. The number of allylic oxidation sites excluding steroid dienone is 1. The fraction of sp³-hybridized carbons (Fsp3) is 0.458. The number of rotatable bonds is 4. The summed E-state index contributed by atoms with van der Waals surface area (Å²) in [7, 11) is 0.464. The van der Waals surface area contributed by atoms with Crippen LogP contribution in [0.25, 0.3) is 10.8 Å². The predicted molar refractivity (Wildman–Crippen MR) is 129 cm³/mol. The number of nitrogens with one attached hydrogen (secondary N) is 1. The van der Waals surface area contributed by atoms with E-state index in [1.807, 2.05) is 41.7 Å². The molecule has 2 atom stereocenters. The van der Waals surface area contributed by atoms with Crippen LogP contribution < -0.4 is 5.32 Å². The van der Waals surface area contributed by atoms with Crippen molar-refractivity contribution in [2.75, 3.05) is 19.6 Å². The zero-order valence-corrected chi connectivity index (χ0v) is 20.2. The summed E-state index contributed by atoms with van der Waals surface area (Å²) in [6.45, 7) is 11.5. The van der Waals surface area contributed by atoms with Crippen LogP contribution in [0.3, 0.4) is 0 Å². The van der Waals surface area contributed by atoms with Crippen LogP contribution in [0.4, 0.5) is 0 Å². The number of amides is 1. The molecule has 3 aliphatic rings. The van der Waals surface area contributed by atoms with Gasteiger partial charge in [-0.15, -0.1) is 0 Å². The maximum absolute atomic E-state index is 13.1. The van der Waals surface area contributed by atoms with E-state index in [9.17, 15) is 4.79 Å². The van der Waals surface area contributed by atoms with Crippen molar-refractivity contribution in [1.82, 2.24) is 29.7 Å². The Labute approximate surface area is 191 Å². The Hall–Kier alpha value is -2.50. The van der Waals surface area contributed by atoms with Gasteiger partial charge in [0, 0.05) is 36.2 Å². The van der Waals surface area contributed by atoms with Crippen molar-refractivity contribution in [3.05, 3.63) is 59.5 Å². The largest absolute Gasteiger partial charge is 0.370 e. The predicted octanol–water partition coefficient (Wildman–Crippen LogP) is 3.41. The van der Waals surface area contributed by atoms with Crippen LogP contribution >= 0.6 is 8.58 Å². The number of carbonyl (C=O) groups is 1. The summed E-state index contributed by atoms with van der Waals surface area (Å²) in [5.41, 5.74) is 5.10. The van der Waals surface area contributed by atoms with Crippen LogP contribution in [0.2, 0.25) is 0 Å². The normalized spacial score (nSPS) is 23.5. The average Bonchev–Trinajstić information content (AvgIpc) is 3.19. The summed E-state index contributed by atoms with van der Waals surface area (Å²) in [5.74, 6) is 0.0945. The second kappa shape index (κ2) is 8.13. The van der Waals surface area contributed by atoms with E-state index in [-0.39, 0.29) is 17.2 Å². The molecule has 0 aliphatic carbocycles. The number of likely N-dealkylation sites (tertiary alicyclic amines) is 1. The molecular weight excluding hydrogens is 419 g/mol. The van der Waals surface area contributed by atoms with E-state index in [0.717, 1.165) is 66.1 Å². The van der Waals surface area contributed by atoms with Gasteiger partial charge in [-0.1, -0.05) is 21.6 Å². The number of hydrogen-bond acceptors (Lipinski definition) is 5. The highest BCUT2D eigenvalue weighted by molar-refractivity contribution is 7.51. The zero-order valence-electron chi connectivity index (χ0n) is 19.2. The molecule has 32 heavy (non-hydrogen) atoms. The highest BCUT2D eigenvalue weighted by Crippen LogP contribution is 2.44. The molecule has 5 rings (SSSR count). The third kappa shape index (κ3) is 3.89. The Kier molecular flexibility index (Phi) is 5.42. The number of piperidine rings is 1. The van der Waals surface area contributed by atoms with Crippen LogP contribution in [-0.4, -0.2) is 61.3 Å². The van der Waals surface area contributed by atoms with Gasteiger partial charge >= 0.3 is 0 Å². The summed E-state index contributed by atoms with van der Waals surface area (Å²) < 4.78 is 1.88. The molecular formula is C24H31N6OP. The number of aromatic nitrogens is 3. The highest BCUT2D eigenvalue weighted by Gasteiger charge is 2.33. The monoisotopic (exact) mass is 450 g/mol. The lowest BCUT2D eigenvalue weighted by molar-refractivity contribution is -0.123. The minimum Gasteiger partial charge on any atom is -0.370 e. The third-order valence-electron chi connectivity index (χ3n) is 6.72. The second-order valence-corrected chi connectivity index (χ2v) is 10.6. The van der Waals surface area contributed by atoms with Gasteiger partial charge in [-0.05, 0) is 52.3 Å².